The number of ether oxygens (including phenoxy) is 1. The minimum atomic E-state index is -1.51. The predicted molar refractivity (Wildman–Crippen MR) is 99.9 cm³/mol. The van der Waals surface area contributed by atoms with Gasteiger partial charge in [0, 0.05) is 17.2 Å². The van der Waals surface area contributed by atoms with E-state index in [0.717, 1.165) is 5.56 Å². The van der Waals surface area contributed by atoms with Crippen LogP contribution in [0.1, 0.15) is 25.8 Å². The SMILES string of the molecule is C=C(C)C(=O)OC(CC)C1(Cl)C(O)=CC2=NN=NC2=C1c1ccccc1. The molecule has 0 radical (unpaired) electrons. The number of aliphatic hydroxyl groups excluding tert-OH is 1. The van der Waals surface area contributed by atoms with Crippen molar-refractivity contribution in [3.8, 4) is 0 Å². The number of carbonyl (C=O) groups excluding carboxylic acids is 1. The molecular weight excluding hydrogens is 354 g/mol. The summed E-state index contributed by atoms with van der Waals surface area (Å²) in [5.41, 5.74) is 2.35. The van der Waals surface area contributed by atoms with Crippen LogP contribution < -0.4 is 0 Å². The Labute approximate surface area is 156 Å². The molecule has 1 aliphatic carbocycles. The third kappa shape index (κ3) is 2.86. The fraction of sp³-hybridized carbons (Fsp3) is 0.263. The van der Waals surface area contributed by atoms with Crippen molar-refractivity contribution in [1.29, 1.82) is 0 Å². The summed E-state index contributed by atoms with van der Waals surface area (Å²) >= 11 is 6.97. The zero-order valence-corrected chi connectivity index (χ0v) is 15.2. The standard InChI is InChI=1S/C19H18ClN3O3/c1-4-15(26-18(25)11(2)3)19(20)14(24)10-13-17(22-23-21-13)16(19)12-8-6-5-7-9-12/h5-10,15,24H,2,4H2,1,3H3. The zero-order valence-electron chi connectivity index (χ0n) is 14.4. The Bertz CT molecular complexity index is 887. The Hall–Kier alpha value is -2.73. The number of carbonyl (C=O) groups is 1. The van der Waals surface area contributed by atoms with E-state index in [4.69, 9.17) is 16.3 Å². The van der Waals surface area contributed by atoms with Crippen molar-refractivity contribution < 1.29 is 14.6 Å². The van der Waals surface area contributed by atoms with Gasteiger partial charge in [0.25, 0.3) is 0 Å². The summed E-state index contributed by atoms with van der Waals surface area (Å²) < 4.78 is 5.56. The van der Waals surface area contributed by atoms with Crippen molar-refractivity contribution in [1.82, 2.24) is 0 Å². The first kappa shape index (κ1) is 18.1. The van der Waals surface area contributed by atoms with E-state index in [-0.39, 0.29) is 11.3 Å². The quantitative estimate of drug-likeness (QED) is 0.468. The number of benzene rings is 1. The van der Waals surface area contributed by atoms with Crippen LogP contribution >= 0.6 is 11.6 Å². The molecule has 134 valence electrons. The van der Waals surface area contributed by atoms with Gasteiger partial charge < -0.3 is 9.84 Å². The second-order valence-electron chi connectivity index (χ2n) is 6.09. The van der Waals surface area contributed by atoms with Crippen LogP contribution in [0.5, 0.6) is 0 Å². The number of fused-ring (bicyclic) bond motifs is 1. The molecule has 0 saturated carbocycles. The molecule has 6 nitrogen and oxygen atoms in total. The summed E-state index contributed by atoms with van der Waals surface area (Å²) in [7, 11) is 0. The number of esters is 1. The second kappa shape index (κ2) is 6.88. The maximum atomic E-state index is 12.1. The minimum Gasteiger partial charge on any atom is -0.510 e. The third-order valence-electron chi connectivity index (χ3n) is 4.26. The molecule has 1 aliphatic heterocycles. The van der Waals surface area contributed by atoms with Gasteiger partial charge in [0.2, 0.25) is 0 Å². The number of alkyl halides is 1. The lowest BCUT2D eigenvalue weighted by atomic mass is 9.79. The molecule has 0 saturated heterocycles. The zero-order chi connectivity index (χ0) is 18.9. The van der Waals surface area contributed by atoms with Gasteiger partial charge in [-0.3, -0.25) is 0 Å². The van der Waals surface area contributed by atoms with Gasteiger partial charge in [-0.05, 0) is 24.1 Å². The number of hydrogen-bond donors (Lipinski definition) is 1. The molecule has 0 aromatic heterocycles. The number of rotatable bonds is 5. The van der Waals surface area contributed by atoms with Crippen molar-refractivity contribution in [3.63, 3.8) is 0 Å². The fourth-order valence-electron chi connectivity index (χ4n) is 2.98. The normalized spacial score (nSPS) is 22.4. The van der Waals surface area contributed by atoms with Gasteiger partial charge in [0.15, 0.2) is 4.87 Å². The molecule has 2 unspecified atom stereocenters. The van der Waals surface area contributed by atoms with Crippen LogP contribution in [0, 0.1) is 0 Å². The van der Waals surface area contributed by atoms with Gasteiger partial charge in [0.05, 0.1) is 0 Å². The molecule has 1 N–H and O–H groups in total. The molecule has 0 spiro atoms. The van der Waals surface area contributed by atoms with Crippen LogP contribution in [-0.2, 0) is 9.53 Å². The van der Waals surface area contributed by atoms with Crippen LogP contribution in [-0.4, -0.2) is 27.8 Å². The summed E-state index contributed by atoms with van der Waals surface area (Å²) in [6.07, 6.45) is 0.935. The first-order valence-electron chi connectivity index (χ1n) is 8.15. The molecule has 2 aliphatic rings. The number of hydrogen-bond acceptors (Lipinski definition) is 6. The number of allylic oxidation sites excluding steroid dienone is 1. The molecule has 2 atom stereocenters. The molecule has 1 aromatic rings. The molecular formula is C19H18ClN3O3. The molecule has 0 fully saturated rings. The monoisotopic (exact) mass is 371 g/mol. The highest BCUT2D eigenvalue weighted by atomic mass is 35.5. The predicted octanol–water partition coefficient (Wildman–Crippen LogP) is 4.55. The lowest BCUT2D eigenvalue weighted by Crippen LogP contribution is -2.45. The molecule has 1 heterocycles. The van der Waals surface area contributed by atoms with Gasteiger partial charge in [-0.25, -0.2) is 4.79 Å². The highest BCUT2D eigenvalue weighted by Gasteiger charge is 2.51. The minimum absolute atomic E-state index is 0.172. The number of halogens is 1. The van der Waals surface area contributed by atoms with E-state index in [1.165, 1.54) is 6.08 Å². The van der Waals surface area contributed by atoms with E-state index in [0.29, 0.717) is 23.4 Å². The topological polar surface area (TPSA) is 83.6 Å². The van der Waals surface area contributed by atoms with Crippen molar-refractivity contribution in [2.75, 3.05) is 0 Å². The van der Waals surface area contributed by atoms with Gasteiger partial charge in [0.1, 0.15) is 23.3 Å². The Morgan fingerprint density at radius 2 is 2.08 bits per heavy atom. The lowest BCUT2D eigenvalue weighted by Gasteiger charge is -2.38. The molecule has 3 rings (SSSR count). The van der Waals surface area contributed by atoms with E-state index in [9.17, 15) is 9.90 Å². The Morgan fingerprint density at radius 3 is 2.69 bits per heavy atom. The summed E-state index contributed by atoms with van der Waals surface area (Å²) in [5, 5.41) is 22.5. The van der Waals surface area contributed by atoms with Crippen molar-refractivity contribution in [3.05, 3.63) is 65.6 Å². The Kier molecular flexibility index (Phi) is 4.78. The Morgan fingerprint density at radius 1 is 1.38 bits per heavy atom. The first-order valence-corrected chi connectivity index (χ1v) is 8.53. The second-order valence-corrected chi connectivity index (χ2v) is 6.68. The lowest BCUT2D eigenvalue weighted by molar-refractivity contribution is -0.145. The molecule has 0 bridgehead atoms. The summed E-state index contributed by atoms with van der Waals surface area (Å²) in [6.45, 7) is 6.98. The van der Waals surface area contributed by atoms with E-state index < -0.39 is 16.9 Å². The van der Waals surface area contributed by atoms with E-state index in [1.807, 2.05) is 37.3 Å². The highest BCUT2D eigenvalue weighted by Crippen LogP contribution is 2.49. The summed E-state index contributed by atoms with van der Waals surface area (Å²) in [6, 6.07) is 9.25. The highest BCUT2D eigenvalue weighted by molar-refractivity contribution is 6.36. The number of nitrogens with zero attached hydrogens (tertiary/aromatic N) is 3. The average Bonchev–Trinajstić information content (AvgIpc) is 3.08. The fourth-order valence-corrected chi connectivity index (χ4v) is 3.43. The van der Waals surface area contributed by atoms with Gasteiger partial charge in [-0.2, -0.15) is 0 Å². The molecule has 0 amide bonds. The molecule has 1 aromatic carbocycles. The largest absolute Gasteiger partial charge is 0.510 e. The van der Waals surface area contributed by atoms with Gasteiger partial charge in [-0.1, -0.05) is 43.8 Å². The Balaban J connectivity index is 2.18. The van der Waals surface area contributed by atoms with Crippen molar-refractivity contribution >= 4 is 28.9 Å². The number of aliphatic hydroxyl groups is 1. The van der Waals surface area contributed by atoms with Crippen LogP contribution in [0.2, 0.25) is 0 Å². The van der Waals surface area contributed by atoms with Crippen LogP contribution in [0.25, 0.3) is 5.57 Å². The van der Waals surface area contributed by atoms with Crippen LogP contribution in [0.3, 0.4) is 0 Å². The molecule has 7 heteroatoms. The molecule has 26 heavy (non-hydrogen) atoms. The maximum absolute atomic E-state index is 12.1. The average molecular weight is 372 g/mol. The van der Waals surface area contributed by atoms with Crippen LogP contribution in [0.15, 0.2) is 75.5 Å². The smallest absolute Gasteiger partial charge is 0.333 e. The summed E-state index contributed by atoms with van der Waals surface area (Å²) in [5.74, 6) is -0.746. The summed E-state index contributed by atoms with van der Waals surface area (Å²) in [4.78, 5) is 10.6. The van der Waals surface area contributed by atoms with E-state index >= 15 is 0 Å². The van der Waals surface area contributed by atoms with Crippen molar-refractivity contribution in [2.24, 2.45) is 15.4 Å². The van der Waals surface area contributed by atoms with Gasteiger partial charge in [-0.15, -0.1) is 21.8 Å². The maximum Gasteiger partial charge on any atom is 0.333 e. The van der Waals surface area contributed by atoms with Gasteiger partial charge >= 0.3 is 5.97 Å². The first-order chi connectivity index (χ1) is 12.4. The third-order valence-corrected chi connectivity index (χ3v) is 4.89. The van der Waals surface area contributed by atoms with E-state index in [2.05, 4.69) is 22.0 Å². The van der Waals surface area contributed by atoms with Crippen LogP contribution in [0.4, 0.5) is 0 Å². The van der Waals surface area contributed by atoms with Crippen molar-refractivity contribution in [2.45, 2.75) is 31.2 Å². The van der Waals surface area contributed by atoms with E-state index in [1.54, 1.807) is 6.92 Å².